The van der Waals surface area contributed by atoms with Crippen LogP contribution >= 0.6 is 11.8 Å². The van der Waals surface area contributed by atoms with E-state index in [0.717, 1.165) is 11.1 Å². The summed E-state index contributed by atoms with van der Waals surface area (Å²) >= 11 is 1.36. The fraction of sp³-hybridized carbons (Fsp3) is 0.261. The second kappa shape index (κ2) is 8.85. The van der Waals surface area contributed by atoms with Gasteiger partial charge in [0, 0.05) is 19.4 Å². The maximum absolute atomic E-state index is 12.8. The number of aromatic nitrogens is 2. The molecule has 0 fully saturated rings. The van der Waals surface area contributed by atoms with Gasteiger partial charge in [0.05, 0.1) is 12.7 Å². The number of nitrogens with zero attached hydrogens (tertiary/aromatic N) is 2. The first-order chi connectivity index (χ1) is 15.0. The van der Waals surface area contributed by atoms with Gasteiger partial charge in [-0.3, -0.25) is 9.59 Å². The molecule has 2 aromatic carbocycles. The number of benzene rings is 2. The average Bonchev–Trinajstić information content (AvgIpc) is 2.80. The number of carbonyl (C=O) groups is 1. The van der Waals surface area contributed by atoms with E-state index < -0.39 is 5.92 Å². The number of hydrogen-bond donors (Lipinski definition) is 1. The molecule has 1 amide bonds. The minimum atomic E-state index is -0.414. The zero-order valence-corrected chi connectivity index (χ0v) is 18.4. The van der Waals surface area contributed by atoms with Crippen molar-refractivity contribution in [1.29, 1.82) is 0 Å². The van der Waals surface area contributed by atoms with Crippen molar-refractivity contribution in [3.63, 3.8) is 0 Å². The monoisotopic (exact) mass is 437 g/mol. The van der Waals surface area contributed by atoms with E-state index in [-0.39, 0.29) is 17.9 Å². The highest BCUT2D eigenvalue weighted by molar-refractivity contribution is 7.98. The molecule has 160 valence electrons. The van der Waals surface area contributed by atoms with Gasteiger partial charge in [-0.2, -0.15) is 4.98 Å². The molecule has 0 saturated heterocycles. The molecule has 0 spiro atoms. The van der Waals surface area contributed by atoms with Crippen molar-refractivity contribution in [3.05, 3.63) is 75.6 Å². The Morgan fingerprint density at radius 2 is 1.94 bits per heavy atom. The number of fused-ring (bicyclic) bond motifs is 1. The molecule has 8 heteroatoms. The van der Waals surface area contributed by atoms with Crippen molar-refractivity contribution in [2.24, 2.45) is 7.05 Å². The van der Waals surface area contributed by atoms with Gasteiger partial charge in [-0.15, -0.1) is 0 Å². The first-order valence-electron chi connectivity index (χ1n) is 9.81. The predicted molar refractivity (Wildman–Crippen MR) is 120 cm³/mol. The number of ether oxygens (including phenoxy) is 2. The largest absolute Gasteiger partial charge is 0.493 e. The molecular formula is C23H23N3O4S. The van der Waals surface area contributed by atoms with E-state index in [4.69, 9.17) is 9.47 Å². The molecule has 0 radical (unpaired) electrons. The van der Waals surface area contributed by atoms with Crippen molar-refractivity contribution in [2.45, 2.75) is 24.1 Å². The number of rotatable bonds is 6. The third kappa shape index (κ3) is 4.16. The molecule has 3 aromatic rings. The maximum Gasteiger partial charge on any atom is 0.279 e. The molecule has 1 aliphatic heterocycles. The number of nitrogens with one attached hydrogen (secondary N) is 1. The van der Waals surface area contributed by atoms with Gasteiger partial charge in [0.15, 0.2) is 16.7 Å². The van der Waals surface area contributed by atoms with E-state index in [0.29, 0.717) is 34.6 Å². The highest BCUT2D eigenvalue weighted by Crippen LogP contribution is 2.39. The standard InChI is InChI=1S/C23H23N3O4S/c1-26-21-20(22(28)25-23(26)31-3)16(12-19(27)24-21)15-9-10-17(18(11-15)29-2)30-13-14-7-5-4-6-8-14/h4-11,16H,12-13H2,1-3H3,(H,24,27). The topological polar surface area (TPSA) is 82.5 Å². The molecule has 31 heavy (non-hydrogen) atoms. The second-order valence-corrected chi connectivity index (χ2v) is 7.99. The molecule has 1 N–H and O–H groups in total. The summed E-state index contributed by atoms with van der Waals surface area (Å²) in [6, 6.07) is 15.4. The molecule has 4 rings (SSSR count). The Morgan fingerprint density at radius 1 is 1.16 bits per heavy atom. The van der Waals surface area contributed by atoms with Crippen LogP contribution in [0, 0.1) is 0 Å². The van der Waals surface area contributed by atoms with Crippen molar-refractivity contribution in [3.8, 4) is 11.5 Å². The zero-order chi connectivity index (χ0) is 22.0. The molecule has 1 atom stereocenters. The summed E-state index contributed by atoms with van der Waals surface area (Å²) in [6.07, 6.45) is 2.01. The Hall–Kier alpha value is -3.26. The normalized spacial score (nSPS) is 15.2. The Kier molecular flexibility index (Phi) is 5.99. The summed E-state index contributed by atoms with van der Waals surface area (Å²) < 4.78 is 13.2. The van der Waals surface area contributed by atoms with Crippen LogP contribution in [0.1, 0.15) is 29.0 Å². The summed E-state index contributed by atoms with van der Waals surface area (Å²) in [7, 11) is 3.36. The van der Waals surface area contributed by atoms with Crippen LogP contribution in [0.15, 0.2) is 58.5 Å². The van der Waals surface area contributed by atoms with Crippen molar-refractivity contribution < 1.29 is 14.3 Å². The summed E-state index contributed by atoms with van der Waals surface area (Å²) in [6.45, 7) is 0.410. The molecule has 0 saturated carbocycles. The van der Waals surface area contributed by atoms with Gasteiger partial charge in [-0.1, -0.05) is 48.2 Å². The fourth-order valence-electron chi connectivity index (χ4n) is 3.76. The predicted octanol–water partition coefficient (Wildman–Crippen LogP) is 3.56. The Bertz CT molecular complexity index is 1180. The van der Waals surface area contributed by atoms with Crippen molar-refractivity contribution in [1.82, 2.24) is 9.55 Å². The maximum atomic E-state index is 12.8. The second-order valence-electron chi connectivity index (χ2n) is 7.21. The van der Waals surface area contributed by atoms with Crippen LogP contribution in [0.2, 0.25) is 0 Å². The van der Waals surface area contributed by atoms with Crippen molar-refractivity contribution >= 4 is 23.5 Å². The molecule has 0 bridgehead atoms. The van der Waals surface area contributed by atoms with Gasteiger partial charge < -0.3 is 19.4 Å². The van der Waals surface area contributed by atoms with Crippen molar-refractivity contribution in [2.75, 3.05) is 18.7 Å². The highest BCUT2D eigenvalue weighted by Gasteiger charge is 2.32. The smallest absolute Gasteiger partial charge is 0.279 e. The van der Waals surface area contributed by atoms with E-state index in [1.165, 1.54) is 11.8 Å². The van der Waals surface area contributed by atoms with Gasteiger partial charge in [0.25, 0.3) is 5.56 Å². The third-order valence-electron chi connectivity index (χ3n) is 5.31. The highest BCUT2D eigenvalue weighted by atomic mass is 32.2. The quantitative estimate of drug-likeness (QED) is 0.469. The number of carbonyl (C=O) groups excluding carboxylic acids is 1. The number of hydrogen-bond acceptors (Lipinski definition) is 6. The summed E-state index contributed by atoms with van der Waals surface area (Å²) in [5.41, 5.74) is 2.01. The van der Waals surface area contributed by atoms with Crippen LogP contribution in [-0.4, -0.2) is 28.8 Å². The number of anilines is 1. The molecule has 1 unspecified atom stereocenters. The lowest BCUT2D eigenvalue weighted by Crippen LogP contribution is -2.33. The third-order valence-corrected chi connectivity index (χ3v) is 6.04. The lowest BCUT2D eigenvalue weighted by Gasteiger charge is -2.27. The lowest BCUT2D eigenvalue weighted by atomic mass is 9.86. The molecular weight excluding hydrogens is 414 g/mol. The van der Waals surface area contributed by atoms with Crippen LogP contribution in [0.3, 0.4) is 0 Å². The summed E-state index contributed by atoms with van der Waals surface area (Å²) in [5.74, 6) is 1.08. The molecule has 2 heterocycles. The SMILES string of the molecule is COc1cc(C2CC(=O)Nc3c2c(=O)nc(SC)n3C)ccc1OCc1ccccc1. The Labute approximate surface area is 184 Å². The van der Waals surface area contributed by atoms with E-state index in [2.05, 4.69) is 10.3 Å². The minimum absolute atomic E-state index is 0.144. The van der Waals surface area contributed by atoms with E-state index in [1.807, 2.05) is 54.8 Å². The molecule has 7 nitrogen and oxygen atoms in total. The zero-order valence-electron chi connectivity index (χ0n) is 17.5. The first kappa shape index (κ1) is 21.0. The molecule has 1 aromatic heterocycles. The van der Waals surface area contributed by atoms with Gasteiger partial charge >= 0.3 is 0 Å². The number of amides is 1. The van der Waals surface area contributed by atoms with Gasteiger partial charge in [-0.25, -0.2) is 0 Å². The average molecular weight is 438 g/mol. The first-order valence-corrected chi connectivity index (χ1v) is 11.0. The van der Waals surface area contributed by atoms with Crippen LogP contribution in [0.5, 0.6) is 11.5 Å². The van der Waals surface area contributed by atoms with Crippen LogP contribution in [0.25, 0.3) is 0 Å². The fourth-order valence-corrected chi connectivity index (χ4v) is 4.30. The van der Waals surface area contributed by atoms with E-state index in [1.54, 1.807) is 18.7 Å². The number of thioether (sulfide) groups is 1. The Morgan fingerprint density at radius 3 is 2.65 bits per heavy atom. The Balaban J connectivity index is 1.70. The van der Waals surface area contributed by atoms with E-state index in [9.17, 15) is 9.59 Å². The van der Waals surface area contributed by atoms with E-state index >= 15 is 0 Å². The lowest BCUT2D eigenvalue weighted by molar-refractivity contribution is -0.116. The van der Waals surface area contributed by atoms with Crippen LogP contribution in [-0.2, 0) is 18.4 Å². The summed E-state index contributed by atoms with van der Waals surface area (Å²) in [4.78, 5) is 29.5. The molecule has 1 aliphatic rings. The number of methoxy groups -OCH3 is 1. The summed E-state index contributed by atoms with van der Waals surface area (Å²) in [5, 5.41) is 3.38. The van der Waals surface area contributed by atoms with Gasteiger partial charge in [0.2, 0.25) is 5.91 Å². The minimum Gasteiger partial charge on any atom is -0.493 e. The van der Waals surface area contributed by atoms with Crippen LogP contribution in [0.4, 0.5) is 5.82 Å². The molecule has 0 aliphatic carbocycles. The van der Waals surface area contributed by atoms with Gasteiger partial charge in [0.1, 0.15) is 12.4 Å². The van der Waals surface area contributed by atoms with Crippen LogP contribution < -0.4 is 20.3 Å². The van der Waals surface area contributed by atoms with Gasteiger partial charge in [-0.05, 0) is 29.5 Å².